The summed E-state index contributed by atoms with van der Waals surface area (Å²) >= 11 is 0. The smallest absolute Gasteiger partial charge is 0.0130 e. The van der Waals surface area contributed by atoms with Crippen molar-refractivity contribution in [1.82, 2.24) is 0 Å². The van der Waals surface area contributed by atoms with E-state index in [-0.39, 0.29) is 0 Å². The van der Waals surface area contributed by atoms with Crippen LogP contribution in [0, 0.1) is 17.8 Å². The molecule has 0 radical (unpaired) electrons. The van der Waals surface area contributed by atoms with Crippen LogP contribution < -0.4 is 0 Å². The van der Waals surface area contributed by atoms with Gasteiger partial charge in [-0.2, -0.15) is 0 Å². The number of allylic oxidation sites excluding steroid dienone is 1. The maximum Gasteiger partial charge on any atom is -0.0130 e. The Labute approximate surface area is 92.0 Å². The van der Waals surface area contributed by atoms with Crippen molar-refractivity contribution in [2.75, 3.05) is 0 Å². The van der Waals surface area contributed by atoms with Gasteiger partial charge in [-0.05, 0) is 48.5 Å². The maximum absolute atomic E-state index is 3.96. The predicted molar refractivity (Wildman–Crippen MR) is 63.7 cm³/mol. The van der Waals surface area contributed by atoms with Gasteiger partial charge in [0.05, 0.1) is 0 Å². The van der Waals surface area contributed by atoms with Crippen LogP contribution in [0.25, 0.3) is 0 Å². The monoisotopic (exact) mass is 198 g/mol. The summed E-state index contributed by atoms with van der Waals surface area (Å²) < 4.78 is 0. The zero-order chi connectivity index (χ0) is 10.3. The van der Waals surface area contributed by atoms with Crippen molar-refractivity contribution in [2.24, 2.45) is 17.8 Å². The van der Waals surface area contributed by atoms with Gasteiger partial charge in [0.1, 0.15) is 0 Å². The van der Waals surface area contributed by atoms with Crippen LogP contribution in [0.2, 0.25) is 0 Å². The summed E-state index contributed by atoms with van der Waals surface area (Å²) in [6, 6.07) is 11.1. The van der Waals surface area contributed by atoms with Gasteiger partial charge in [-0.3, -0.25) is 0 Å². The molecule has 0 saturated heterocycles. The summed E-state index contributed by atoms with van der Waals surface area (Å²) in [4.78, 5) is 0. The SMILES string of the molecule is C=CC1C[C@H]2C[C@@H]1C[C@@H]2c1ccccc1. The molecule has 2 fully saturated rings. The third kappa shape index (κ3) is 1.43. The van der Waals surface area contributed by atoms with Gasteiger partial charge in [0.15, 0.2) is 0 Å². The molecule has 0 aliphatic heterocycles. The van der Waals surface area contributed by atoms with Gasteiger partial charge in [0.25, 0.3) is 0 Å². The Morgan fingerprint density at radius 2 is 1.80 bits per heavy atom. The summed E-state index contributed by atoms with van der Waals surface area (Å²) in [5, 5.41) is 0. The Morgan fingerprint density at radius 3 is 2.40 bits per heavy atom. The standard InChI is InChI=1S/C15H18/c1-2-11-8-14-9-13(11)10-15(14)12-6-4-3-5-7-12/h2-7,11,13-15H,1,8-10H2/t11?,13-,14+,15-/m1/s1. The minimum atomic E-state index is 0.815. The van der Waals surface area contributed by atoms with E-state index in [2.05, 4.69) is 43.0 Å². The molecule has 0 spiro atoms. The second-order valence-electron chi connectivity index (χ2n) is 5.14. The van der Waals surface area contributed by atoms with Crippen LogP contribution in [0.4, 0.5) is 0 Å². The zero-order valence-electron chi connectivity index (χ0n) is 9.10. The molecule has 4 atom stereocenters. The summed E-state index contributed by atoms with van der Waals surface area (Å²) in [5.41, 5.74) is 1.56. The lowest BCUT2D eigenvalue weighted by Gasteiger charge is -2.26. The van der Waals surface area contributed by atoms with E-state index in [1.807, 2.05) is 0 Å². The fourth-order valence-electron chi connectivity index (χ4n) is 3.72. The first-order valence-electron chi connectivity index (χ1n) is 6.06. The van der Waals surface area contributed by atoms with E-state index in [1.165, 1.54) is 19.3 Å². The molecule has 3 rings (SSSR count). The third-order valence-electron chi connectivity index (χ3n) is 4.44. The maximum atomic E-state index is 3.96. The van der Waals surface area contributed by atoms with E-state index in [9.17, 15) is 0 Å². The van der Waals surface area contributed by atoms with Gasteiger partial charge in [-0.15, -0.1) is 6.58 Å². The van der Waals surface area contributed by atoms with E-state index >= 15 is 0 Å². The molecule has 2 aliphatic rings. The van der Waals surface area contributed by atoms with E-state index in [0.717, 1.165) is 23.7 Å². The molecule has 2 aliphatic carbocycles. The van der Waals surface area contributed by atoms with Crippen molar-refractivity contribution in [3.05, 3.63) is 48.6 Å². The van der Waals surface area contributed by atoms with Crippen molar-refractivity contribution in [3.8, 4) is 0 Å². The Balaban J connectivity index is 1.81. The molecule has 1 aromatic rings. The Morgan fingerprint density at radius 1 is 1.00 bits per heavy atom. The van der Waals surface area contributed by atoms with Gasteiger partial charge < -0.3 is 0 Å². The highest BCUT2D eigenvalue weighted by atomic mass is 14.5. The second kappa shape index (κ2) is 3.52. The third-order valence-corrected chi connectivity index (χ3v) is 4.44. The van der Waals surface area contributed by atoms with Crippen LogP contribution in [-0.2, 0) is 0 Å². The predicted octanol–water partition coefficient (Wildman–Crippen LogP) is 4.00. The summed E-state index contributed by atoms with van der Waals surface area (Å²) in [7, 11) is 0. The topological polar surface area (TPSA) is 0 Å². The highest BCUT2D eigenvalue weighted by Crippen LogP contribution is 2.55. The fraction of sp³-hybridized carbons (Fsp3) is 0.467. The van der Waals surface area contributed by atoms with Gasteiger partial charge in [-0.25, -0.2) is 0 Å². The minimum absolute atomic E-state index is 0.815. The summed E-state index contributed by atoms with van der Waals surface area (Å²) in [6.07, 6.45) is 6.40. The van der Waals surface area contributed by atoms with Gasteiger partial charge in [0, 0.05) is 0 Å². The molecule has 1 aromatic carbocycles. The highest BCUT2D eigenvalue weighted by Gasteiger charge is 2.44. The lowest BCUT2D eigenvalue weighted by molar-refractivity contribution is 0.355. The number of hydrogen-bond acceptors (Lipinski definition) is 0. The van der Waals surface area contributed by atoms with E-state index in [0.29, 0.717) is 0 Å². The second-order valence-corrected chi connectivity index (χ2v) is 5.14. The Bertz CT molecular complexity index is 352. The molecule has 0 N–H and O–H groups in total. The lowest BCUT2D eigenvalue weighted by Crippen LogP contribution is -2.14. The largest absolute Gasteiger partial charge is 0.103 e. The molecule has 0 heterocycles. The average Bonchev–Trinajstić information content (AvgIpc) is 2.89. The molecule has 2 bridgehead atoms. The number of hydrogen-bond donors (Lipinski definition) is 0. The van der Waals surface area contributed by atoms with Crippen molar-refractivity contribution < 1.29 is 0 Å². The van der Waals surface area contributed by atoms with Gasteiger partial charge in [0.2, 0.25) is 0 Å². The number of rotatable bonds is 2. The molecular formula is C15H18. The van der Waals surface area contributed by atoms with E-state index < -0.39 is 0 Å². The van der Waals surface area contributed by atoms with Crippen molar-refractivity contribution >= 4 is 0 Å². The van der Waals surface area contributed by atoms with E-state index in [1.54, 1.807) is 5.56 Å². The molecular weight excluding hydrogens is 180 g/mol. The van der Waals surface area contributed by atoms with Crippen LogP contribution in [0.3, 0.4) is 0 Å². The molecule has 0 nitrogen and oxygen atoms in total. The first-order chi connectivity index (χ1) is 7.38. The lowest BCUT2D eigenvalue weighted by atomic mass is 9.79. The number of fused-ring (bicyclic) bond motifs is 2. The molecule has 15 heavy (non-hydrogen) atoms. The van der Waals surface area contributed by atoms with Gasteiger partial charge >= 0.3 is 0 Å². The van der Waals surface area contributed by atoms with Crippen LogP contribution in [0.15, 0.2) is 43.0 Å². The highest BCUT2D eigenvalue weighted by molar-refractivity contribution is 5.24. The van der Waals surface area contributed by atoms with Gasteiger partial charge in [-0.1, -0.05) is 36.4 Å². The average molecular weight is 198 g/mol. The molecule has 1 unspecified atom stereocenters. The molecule has 0 heteroatoms. The quantitative estimate of drug-likeness (QED) is 0.630. The van der Waals surface area contributed by atoms with Crippen LogP contribution in [0.5, 0.6) is 0 Å². The van der Waals surface area contributed by atoms with Crippen molar-refractivity contribution in [1.29, 1.82) is 0 Å². The first kappa shape index (κ1) is 9.21. The van der Waals surface area contributed by atoms with Crippen LogP contribution in [0.1, 0.15) is 30.7 Å². The minimum Gasteiger partial charge on any atom is -0.103 e. The summed E-state index contributed by atoms with van der Waals surface area (Å²) in [6.45, 7) is 3.96. The molecule has 0 amide bonds. The number of benzene rings is 1. The van der Waals surface area contributed by atoms with Crippen molar-refractivity contribution in [3.63, 3.8) is 0 Å². The molecule has 2 saturated carbocycles. The molecule has 0 aromatic heterocycles. The summed E-state index contributed by atoms with van der Waals surface area (Å²) in [5.74, 6) is 3.51. The first-order valence-corrected chi connectivity index (χ1v) is 6.06. The zero-order valence-corrected chi connectivity index (χ0v) is 9.10. The molecule has 78 valence electrons. The fourth-order valence-corrected chi connectivity index (χ4v) is 3.72. The van der Waals surface area contributed by atoms with Crippen LogP contribution >= 0.6 is 0 Å². The normalized spacial score (nSPS) is 38.1. The Kier molecular flexibility index (Phi) is 2.16. The Hall–Kier alpha value is -1.04. The van der Waals surface area contributed by atoms with E-state index in [4.69, 9.17) is 0 Å². The van der Waals surface area contributed by atoms with Crippen molar-refractivity contribution in [2.45, 2.75) is 25.2 Å². The van der Waals surface area contributed by atoms with Crippen LogP contribution in [-0.4, -0.2) is 0 Å².